The fourth-order valence-electron chi connectivity index (χ4n) is 2.34. The first-order chi connectivity index (χ1) is 11.7. The lowest BCUT2D eigenvalue weighted by Gasteiger charge is -2.12. The van der Waals surface area contributed by atoms with Crippen molar-refractivity contribution in [3.05, 3.63) is 36.2 Å². The fourth-order valence-corrected chi connectivity index (χ4v) is 3.36. The van der Waals surface area contributed by atoms with Gasteiger partial charge in [-0.3, -0.25) is 9.97 Å². The molecule has 2 aromatic heterocycles. The van der Waals surface area contributed by atoms with Gasteiger partial charge in [-0.2, -0.15) is 4.98 Å². The number of imidazole rings is 1. The van der Waals surface area contributed by atoms with Crippen LogP contribution in [0.5, 0.6) is 17.2 Å². The second-order valence-electron chi connectivity index (χ2n) is 4.91. The van der Waals surface area contributed by atoms with E-state index in [2.05, 4.69) is 15.0 Å². The Labute approximate surface area is 142 Å². The van der Waals surface area contributed by atoms with E-state index >= 15 is 0 Å². The number of H-pyrrole nitrogens is 1. The van der Waals surface area contributed by atoms with Gasteiger partial charge in [0.05, 0.1) is 32.4 Å². The third-order valence-corrected chi connectivity index (χ3v) is 4.68. The molecule has 0 saturated carbocycles. The van der Waals surface area contributed by atoms with Crippen LogP contribution in [0.2, 0.25) is 0 Å². The maximum atomic E-state index is 12.7. The Kier molecular flexibility index (Phi) is 4.77. The molecule has 7 nitrogen and oxygen atoms in total. The third-order valence-electron chi connectivity index (χ3n) is 3.52. The number of methoxy groups -OCH3 is 3. The molecular formula is C16H17N3O4S. The van der Waals surface area contributed by atoms with Gasteiger partial charge >= 0.3 is 5.16 Å². The van der Waals surface area contributed by atoms with Gasteiger partial charge in [0.15, 0.2) is 17.3 Å². The zero-order valence-electron chi connectivity index (χ0n) is 13.5. The van der Waals surface area contributed by atoms with Crippen molar-refractivity contribution < 1.29 is 18.8 Å². The number of aromatic nitrogens is 3. The molecule has 1 N–H and O–H groups in total. The molecule has 3 rings (SSSR count). The van der Waals surface area contributed by atoms with Crippen LogP contribution in [0.1, 0.15) is 5.69 Å². The van der Waals surface area contributed by atoms with Crippen molar-refractivity contribution in [1.82, 2.24) is 15.0 Å². The van der Waals surface area contributed by atoms with Crippen molar-refractivity contribution in [2.45, 2.75) is 10.9 Å². The number of fused-ring (bicyclic) bond motifs is 1. The lowest BCUT2D eigenvalue weighted by Crippen LogP contribution is -2.10. The summed E-state index contributed by atoms with van der Waals surface area (Å²) in [4.78, 5) is 11.7. The van der Waals surface area contributed by atoms with Gasteiger partial charge in [0.2, 0.25) is 0 Å². The van der Waals surface area contributed by atoms with Crippen LogP contribution in [0.25, 0.3) is 11.0 Å². The van der Waals surface area contributed by atoms with Crippen LogP contribution in [0, 0.1) is 0 Å². The Hall–Kier alpha value is -2.45. The highest BCUT2D eigenvalue weighted by Crippen LogP contribution is 2.31. The summed E-state index contributed by atoms with van der Waals surface area (Å²) in [6.45, 7) is 0. The summed E-state index contributed by atoms with van der Waals surface area (Å²) in [5.74, 6) is 1.89. The fraction of sp³-hybridized carbons (Fsp3) is 0.250. The average molecular weight is 347 g/mol. The SMILES string of the molecule is COc1ccc2[nH]c([S@+]([O-])Cc3nccc(OC)c3OC)nc2c1. The van der Waals surface area contributed by atoms with E-state index in [1.54, 1.807) is 32.5 Å². The third kappa shape index (κ3) is 3.10. The number of hydrogen-bond acceptors (Lipinski definition) is 6. The zero-order chi connectivity index (χ0) is 17.1. The van der Waals surface area contributed by atoms with Gasteiger partial charge in [0.1, 0.15) is 11.4 Å². The number of nitrogens with one attached hydrogen (secondary N) is 1. The van der Waals surface area contributed by atoms with E-state index in [1.165, 1.54) is 7.11 Å². The summed E-state index contributed by atoms with van der Waals surface area (Å²) in [5.41, 5.74) is 2.04. The average Bonchev–Trinajstić information content (AvgIpc) is 3.04. The molecule has 2 heterocycles. The van der Waals surface area contributed by atoms with Gasteiger partial charge in [-0.15, -0.1) is 0 Å². The number of benzene rings is 1. The molecule has 1 aromatic carbocycles. The Morgan fingerprint density at radius 3 is 2.67 bits per heavy atom. The van der Waals surface area contributed by atoms with Gasteiger partial charge in [-0.1, -0.05) is 0 Å². The van der Waals surface area contributed by atoms with E-state index in [1.807, 2.05) is 12.1 Å². The van der Waals surface area contributed by atoms with Crippen molar-refractivity contribution in [3.63, 3.8) is 0 Å². The van der Waals surface area contributed by atoms with E-state index in [0.717, 1.165) is 5.52 Å². The molecule has 8 heteroatoms. The van der Waals surface area contributed by atoms with E-state index < -0.39 is 11.2 Å². The number of pyridine rings is 1. The maximum absolute atomic E-state index is 12.7. The lowest BCUT2D eigenvalue weighted by molar-refractivity contribution is 0.350. The molecule has 0 aliphatic heterocycles. The predicted octanol–water partition coefficient (Wildman–Crippen LogP) is 2.29. The van der Waals surface area contributed by atoms with Crippen LogP contribution >= 0.6 is 0 Å². The molecule has 0 amide bonds. The minimum Gasteiger partial charge on any atom is -0.609 e. The van der Waals surface area contributed by atoms with E-state index in [0.29, 0.717) is 33.6 Å². The van der Waals surface area contributed by atoms with E-state index in [9.17, 15) is 4.55 Å². The van der Waals surface area contributed by atoms with Crippen molar-refractivity contribution in [2.24, 2.45) is 0 Å². The first-order valence-corrected chi connectivity index (χ1v) is 8.46. The number of rotatable bonds is 6. The summed E-state index contributed by atoms with van der Waals surface area (Å²) < 4.78 is 28.4. The minimum absolute atomic E-state index is 0.164. The lowest BCUT2D eigenvalue weighted by atomic mass is 10.3. The van der Waals surface area contributed by atoms with E-state index in [-0.39, 0.29) is 5.75 Å². The topological polar surface area (TPSA) is 92.3 Å². The number of aromatic amines is 1. The Morgan fingerprint density at radius 2 is 1.96 bits per heavy atom. The van der Waals surface area contributed by atoms with Crippen LogP contribution in [-0.4, -0.2) is 40.8 Å². The second-order valence-corrected chi connectivity index (χ2v) is 6.27. The smallest absolute Gasteiger partial charge is 0.322 e. The molecule has 0 bridgehead atoms. The minimum atomic E-state index is -1.40. The highest BCUT2D eigenvalue weighted by Gasteiger charge is 2.22. The van der Waals surface area contributed by atoms with Gasteiger partial charge in [-0.05, 0) is 12.1 Å². The molecular weight excluding hydrogens is 330 g/mol. The first kappa shape index (κ1) is 16.4. The molecule has 24 heavy (non-hydrogen) atoms. The summed E-state index contributed by atoms with van der Waals surface area (Å²) in [6.07, 6.45) is 1.59. The maximum Gasteiger partial charge on any atom is 0.322 e. The van der Waals surface area contributed by atoms with Crippen LogP contribution in [0.15, 0.2) is 35.6 Å². The predicted molar refractivity (Wildman–Crippen MR) is 90.1 cm³/mol. The Bertz CT molecular complexity index is 852. The quantitative estimate of drug-likeness (QED) is 0.688. The molecule has 3 aromatic rings. The van der Waals surface area contributed by atoms with Crippen LogP contribution < -0.4 is 14.2 Å². The van der Waals surface area contributed by atoms with Crippen LogP contribution in [0.3, 0.4) is 0 Å². The summed E-state index contributed by atoms with van der Waals surface area (Å²) in [6, 6.07) is 7.14. The van der Waals surface area contributed by atoms with Gasteiger partial charge < -0.3 is 18.8 Å². The number of nitrogens with zero attached hydrogens (tertiary/aromatic N) is 2. The zero-order valence-corrected chi connectivity index (χ0v) is 14.3. The largest absolute Gasteiger partial charge is 0.609 e. The Balaban J connectivity index is 1.88. The highest BCUT2D eigenvalue weighted by molar-refractivity contribution is 7.90. The molecule has 126 valence electrons. The van der Waals surface area contributed by atoms with Crippen molar-refractivity contribution in [3.8, 4) is 17.2 Å². The van der Waals surface area contributed by atoms with Gasteiger partial charge in [-0.25, -0.2) is 0 Å². The van der Waals surface area contributed by atoms with E-state index in [4.69, 9.17) is 14.2 Å². The van der Waals surface area contributed by atoms with Crippen LogP contribution in [-0.2, 0) is 16.9 Å². The molecule has 0 spiro atoms. The normalized spacial score (nSPS) is 12.2. The van der Waals surface area contributed by atoms with Crippen molar-refractivity contribution in [1.29, 1.82) is 0 Å². The Morgan fingerprint density at radius 1 is 1.12 bits per heavy atom. The first-order valence-electron chi connectivity index (χ1n) is 7.14. The van der Waals surface area contributed by atoms with Crippen LogP contribution in [0.4, 0.5) is 0 Å². The van der Waals surface area contributed by atoms with Crippen molar-refractivity contribution >= 4 is 22.2 Å². The summed E-state index contributed by atoms with van der Waals surface area (Å²) in [7, 11) is 4.66. The standard InChI is InChI=1S/C16H17N3O4S/c1-21-10-4-5-11-12(8-10)19-16(18-11)24(20)9-13-15(23-3)14(22-2)6-7-17-13/h4-8H,9H2,1-3H3,(H,18,19)/t24-/m1/s1. The van der Waals surface area contributed by atoms with Gasteiger partial charge in [0, 0.05) is 29.5 Å². The molecule has 0 saturated heterocycles. The molecule has 0 unspecified atom stereocenters. The van der Waals surface area contributed by atoms with Gasteiger partial charge in [0.25, 0.3) is 0 Å². The molecule has 0 aliphatic carbocycles. The highest BCUT2D eigenvalue weighted by atomic mass is 32.2. The summed E-state index contributed by atoms with van der Waals surface area (Å²) >= 11 is -1.40. The summed E-state index contributed by atoms with van der Waals surface area (Å²) in [5, 5.41) is 0.380. The molecule has 0 fully saturated rings. The van der Waals surface area contributed by atoms with Crippen molar-refractivity contribution in [2.75, 3.05) is 21.3 Å². The molecule has 0 radical (unpaired) electrons. The molecule has 1 atom stereocenters. The number of hydrogen-bond donors (Lipinski definition) is 1. The number of ether oxygens (including phenoxy) is 3. The second kappa shape index (κ2) is 6.98. The molecule has 0 aliphatic rings. The monoisotopic (exact) mass is 347 g/mol.